The lowest BCUT2D eigenvalue weighted by Crippen LogP contribution is -2.44. The largest absolute Gasteiger partial charge is 0.379 e. The first-order valence-electron chi connectivity index (χ1n) is 13.1. The quantitative estimate of drug-likeness (QED) is 0.376. The van der Waals surface area contributed by atoms with Crippen LogP contribution in [-0.2, 0) is 16.1 Å². The van der Waals surface area contributed by atoms with Gasteiger partial charge >= 0.3 is 0 Å². The van der Waals surface area contributed by atoms with E-state index in [-0.39, 0.29) is 11.9 Å². The van der Waals surface area contributed by atoms with Crippen LogP contribution in [0.5, 0.6) is 0 Å². The van der Waals surface area contributed by atoms with E-state index in [1.807, 2.05) is 36.1 Å². The summed E-state index contributed by atoms with van der Waals surface area (Å²) in [6, 6.07) is 14.5. The van der Waals surface area contributed by atoms with Gasteiger partial charge in [-0.1, -0.05) is 17.3 Å². The summed E-state index contributed by atoms with van der Waals surface area (Å²) in [6.07, 6.45) is 3.41. The molecule has 192 valence electrons. The molecule has 0 unspecified atom stereocenters. The van der Waals surface area contributed by atoms with Crippen LogP contribution < -0.4 is 4.90 Å². The van der Waals surface area contributed by atoms with E-state index in [9.17, 15) is 4.79 Å². The van der Waals surface area contributed by atoms with Crippen LogP contribution in [0.2, 0.25) is 0 Å². The summed E-state index contributed by atoms with van der Waals surface area (Å²) >= 11 is 0. The molecular weight excluding hydrogens is 466 g/mol. The second-order valence-corrected chi connectivity index (χ2v) is 10.3. The Morgan fingerprint density at radius 3 is 2.76 bits per heavy atom. The van der Waals surface area contributed by atoms with Gasteiger partial charge in [0.2, 0.25) is 5.91 Å². The molecule has 4 heterocycles. The normalized spacial score (nSPS) is 19.7. The number of carbonyl (C=O) groups is 1. The summed E-state index contributed by atoms with van der Waals surface area (Å²) in [5.41, 5.74) is 5.63. The van der Waals surface area contributed by atoms with Crippen molar-refractivity contribution in [3.63, 3.8) is 0 Å². The third-order valence-electron chi connectivity index (χ3n) is 7.67. The number of anilines is 1. The van der Waals surface area contributed by atoms with Gasteiger partial charge in [-0.25, -0.2) is 4.98 Å². The predicted molar refractivity (Wildman–Crippen MR) is 142 cm³/mol. The van der Waals surface area contributed by atoms with Gasteiger partial charge in [0.1, 0.15) is 5.82 Å². The molecule has 0 aliphatic carbocycles. The van der Waals surface area contributed by atoms with E-state index in [4.69, 9.17) is 14.2 Å². The van der Waals surface area contributed by atoms with E-state index in [0.29, 0.717) is 12.5 Å². The fourth-order valence-electron chi connectivity index (χ4n) is 5.65. The Balaban J connectivity index is 1.41. The molecule has 37 heavy (non-hydrogen) atoms. The van der Waals surface area contributed by atoms with Crippen molar-refractivity contribution >= 4 is 22.6 Å². The number of hydrogen-bond donors (Lipinski definition) is 0. The molecule has 0 spiro atoms. The Labute approximate surface area is 216 Å². The summed E-state index contributed by atoms with van der Waals surface area (Å²) in [6.45, 7) is 10.5. The van der Waals surface area contributed by atoms with Gasteiger partial charge in [-0.3, -0.25) is 9.69 Å². The summed E-state index contributed by atoms with van der Waals surface area (Å²) < 4.78 is 13.3. The molecule has 2 aromatic heterocycles. The van der Waals surface area contributed by atoms with Crippen LogP contribution in [0.3, 0.4) is 0 Å². The maximum absolute atomic E-state index is 13.1. The lowest BCUT2D eigenvalue weighted by atomic mass is 10.1. The van der Waals surface area contributed by atoms with Gasteiger partial charge in [-0.15, -0.1) is 0 Å². The van der Waals surface area contributed by atoms with Crippen LogP contribution in [-0.4, -0.2) is 57.9 Å². The molecule has 8 nitrogen and oxygen atoms in total. The number of imidazole rings is 1. The highest BCUT2D eigenvalue weighted by molar-refractivity contribution is 5.96. The molecule has 2 aliphatic rings. The zero-order valence-corrected chi connectivity index (χ0v) is 21.7. The summed E-state index contributed by atoms with van der Waals surface area (Å²) in [7, 11) is 0. The van der Waals surface area contributed by atoms with Crippen molar-refractivity contribution in [2.24, 2.45) is 0 Å². The molecule has 1 amide bonds. The average Bonchev–Trinajstić information content (AvgIpc) is 3.61. The van der Waals surface area contributed by atoms with Crippen molar-refractivity contribution in [1.82, 2.24) is 19.6 Å². The van der Waals surface area contributed by atoms with Gasteiger partial charge < -0.3 is 18.7 Å². The lowest BCUT2D eigenvalue weighted by molar-refractivity contribution is -0.117. The van der Waals surface area contributed by atoms with Crippen LogP contribution in [0, 0.1) is 13.8 Å². The van der Waals surface area contributed by atoms with E-state index < -0.39 is 0 Å². The molecule has 0 radical (unpaired) electrons. The van der Waals surface area contributed by atoms with Crippen molar-refractivity contribution in [2.75, 3.05) is 31.2 Å². The molecule has 0 bridgehead atoms. The SMILES string of the molecule is Cc1cccc(N2C(=O)CC[C@H]2c2nc(-c3ccc4onc(C)c4c3)cn2C[C@H](C)N2CCOCC2)c1. The Kier molecular flexibility index (Phi) is 6.30. The number of aryl methyl sites for hydroxylation is 2. The van der Waals surface area contributed by atoms with Crippen LogP contribution in [0.15, 0.2) is 53.2 Å². The average molecular weight is 500 g/mol. The van der Waals surface area contributed by atoms with Crippen molar-refractivity contribution in [2.45, 2.75) is 52.2 Å². The first kappa shape index (κ1) is 23.9. The molecule has 8 heteroatoms. The maximum atomic E-state index is 13.1. The fraction of sp³-hybridized carbons (Fsp3) is 0.414. The molecule has 2 saturated heterocycles. The van der Waals surface area contributed by atoms with Crippen LogP contribution in [0.25, 0.3) is 22.2 Å². The van der Waals surface area contributed by atoms with E-state index in [2.05, 4.69) is 52.9 Å². The number of carbonyl (C=O) groups excluding carboxylic acids is 1. The monoisotopic (exact) mass is 499 g/mol. The summed E-state index contributed by atoms with van der Waals surface area (Å²) in [5.74, 6) is 1.08. The number of aromatic nitrogens is 3. The zero-order valence-electron chi connectivity index (χ0n) is 21.7. The summed E-state index contributed by atoms with van der Waals surface area (Å²) in [4.78, 5) is 22.7. The standard InChI is InChI=1S/C29H33N5O3/c1-19-5-4-6-23(15-19)34-26(8-10-28(34)35)29-30-25(22-7-9-27-24(16-22)21(3)31-37-27)18-33(29)17-20(2)32-11-13-36-14-12-32/h4-7,9,15-16,18,20,26H,8,10-14,17H2,1-3H3/t20-,26-/m0/s1. The highest BCUT2D eigenvalue weighted by Crippen LogP contribution is 2.38. The third kappa shape index (κ3) is 4.55. The summed E-state index contributed by atoms with van der Waals surface area (Å²) in [5, 5.41) is 5.10. The minimum Gasteiger partial charge on any atom is -0.379 e. The molecule has 0 saturated carbocycles. The molecule has 2 fully saturated rings. The van der Waals surface area contributed by atoms with E-state index in [1.165, 1.54) is 0 Å². The van der Waals surface area contributed by atoms with Gasteiger partial charge in [0.25, 0.3) is 0 Å². The third-order valence-corrected chi connectivity index (χ3v) is 7.67. The Bertz CT molecular complexity index is 1430. The Morgan fingerprint density at radius 2 is 1.95 bits per heavy atom. The minimum atomic E-state index is -0.110. The van der Waals surface area contributed by atoms with E-state index in [1.54, 1.807) is 0 Å². The molecule has 2 atom stereocenters. The fourth-order valence-corrected chi connectivity index (χ4v) is 5.65. The second kappa shape index (κ2) is 9.76. The molecular formula is C29H33N5O3. The Morgan fingerprint density at radius 1 is 1.11 bits per heavy atom. The van der Waals surface area contributed by atoms with E-state index >= 15 is 0 Å². The van der Waals surface area contributed by atoms with Crippen molar-refractivity contribution in [3.8, 4) is 11.3 Å². The van der Waals surface area contributed by atoms with Crippen molar-refractivity contribution in [1.29, 1.82) is 0 Å². The van der Waals surface area contributed by atoms with Crippen LogP contribution in [0.4, 0.5) is 5.69 Å². The number of amides is 1. The molecule has 6 rings (SSSR count). The van der Waals surface area contributed by atoms with Crippen LogP contribution >= 0.6 is 0 Å². The number of ether oxygens (including phenoxy) is 1. The van der Waals surface area contributed by atoms with Crippen molar-refractivity contribution in [3.05, 3.63) is 65.7 Å². The lowest BCUT2D eigenvalue weighted by Gasteiger charge is -2.33. The first-order valence-corrected chi connectivity index (χ1v) is 13.1. The second-order valence-electron chi connectivity index (χ2n) is 10.3. The number of fused-ring (bicyclic) bond motifs is 1. The highest BCUT2D eigenvalue weighted by Gasteiger charge is 2.37. The van der Waals surface area contributed by atoms with E-state index in [0.717, 1.165) is 84.3 Å². The van der Waals surface area contributed by atoms with Gasteiger partial charge in [0, 0.05) is 54.9 Å². The zero-order chi connectivity index (χ0) is 25.5. The predicted octanol–water partition coefficient (Wildman–Crippen LogP) is 4.90. The van der Waals surface area contributed by atoms with Gasteiger partial charge in [0.15, 0.2) is 5.58 Å². The van der Waals surface area contributed by atoms with Gasteiger partial charge in [-0.2, -0.15) is 0 Å². The molecule has 2 aliphatic heterocycles. The Hall–Kier alpha value is -3.49. The molecule has 4 aromatic rings. The topological polar surface area (TPSA) is 76.6 Å². The highest BCUT2D eigenvalue weighted by atomic mass is 16.5. The number of hydrogen-bond acceptors (Lipinski definition) is 6. The number of morpholine rings is 1. The number of nitrogens with zero attached hydrogens (tertiary/aromatic N) is 5. The number of benzene rings is 2. The van der Waals surface area contributed by atoms with Gasteiger partial charge in [0.05, 0.1) is 30.6 Å². The molecule has 0 N–H and O–H groups in total. The minimum absolute atomic E-state index is 0.110. The van der Waals surface area contributed by atoms with Crippen LogP contribution in [0.1, 0.15) is 42.9 Å². The maximum Gasteiger partial charge on any atom is 0.227 e. The molecule has 2 aromatic carbocycles. The first-order chi connectivity index (χ1) is 18.0. The smallest absolute Gasteiger partial charge is 0.227 e. The van der Waals surface area contributed by atoms with Crippen molar-refractivity contribution < 1.29 is 14.1 Å². The van der Waals surface area contributed by atoms with Gasteiger partial charge in [-0.05, 0) is 63.1 Å². The number of rotatable bonds is 6.